The molecule has 2 amide bonds. The minimum absolute atomic E-state index is 0.00888. The van der Waals surface area contributed by atoms with Crippen molar-refractivity contribution in [1.29, 1.82) is 0 Å². The van der Waals surface area contributed by atoms with Crippen molar-refractivity contribution in [3.8, 4) is 5.75 Å². The molecule has 7 heteroatoms. The van der Waals surface area contributed by atoms with Crippen LogP contribution in [0.4, 0.5) is 5.69 Å². The second kappa shape index (κ2) is 5.69. The van der Waals surface area contributed by atoms with Crippen molar-refractivity contribution in [2.75, 3.05) is 18.4 Å². The lowest BCUT2D eigenvalue weighted by atomic mass is 9.57. The molecule has 5 atom stereocenters. The summed E-state index contributed by atoms with van der Waals surface area (Å²) in [5, 5.41) is 6.60. The molecule has 2 N–H and O–H groups in total. The second-order valence-electron chi connectivity index (χ2n) is 13.2. The van der Waals surface area contributed by atoms with Crippen molar-refractivity contribution in [1.82, 2.24) is 10.2 Å². The van der Waals surface area contributed by atoms with Crippen molar-refractivity contribution in [2.24, 2.45) is 17.3 Å². The molecule has 1 aliphatic carbocycles. The number of piperazine rings is 1. The van der Waals surface area contributed by atoms with Crippen molar-refractivity contribution in [3.05, 3.63) is 23.3 Å². The third-order valence-electron chi connectivity index (χ3n) is 10.3. The van der Waals surface area contributed by atoms with Crippen molar-refractivity contribution >= 4 is 23.3 Å². The van der Waals surface area contributed by atoms with E-state index in [0.29, 0.717) is 29.3 Å². The number of piperidine rings is 2. The summed E-state index contributed by atoms with van der Waals surface area (Å²) in [5.41, 5.74) is -0.629. The van der Waals surface area contributed by atoms with Gasteiger partial charge in [-0.05, 0) is 62.0 Å². The normalized spacial score (nSPS) is 42.6. The summed E-state index contributed by atoms with van der Waals surface area (Å²) < 4.78 is 6.13. The number of carbonyl (C=O) groups is 3. The van der Waals surface area contributed by atoms with Crippen LogP contribution in [0.25, 0.3) is 0 Å². The van der Waals surface area contributed by atoms with Crippen LogP contribution in [-0.4, -0.2) is 52.3 Å². The molecule has 1 saturated carbocycles. The molecule has 3 spiro atoms. The van der Waals surface area contributed by atoms with E-state index in [9.17, 15) is 14.4 Å². The van der Waals surface area contributed by atoms with Crippen molar-refractivity contribution < 1.29 is 19.1 Å². The number of rotatable bonds is 0. The molecule has 7 nitrogen and oxygen atoms in total. The Hall–Kier alpha value is -2.41. The number of anilines is 1. The van der Waals surface area contributed by atoms with Gasteiger partial charge in [-0.1, -0.05) is 26.8 Å². The van der Waals surface area contributed by atoms with Crippen LogP contribution in [0.1, 0.15) is 76.2 Å². The summed E-state index contributed by atoms with van der Waals surface area (Å²) in [5.74, 6) is 1.32. The molecule has 1 aromatic rings. The van der Waals surface area contributed by atoms with E-state index in [2.05, 4.69) is 36.3 Å². The fourth-order valence-electron chi connectivity index (χ4n) is 9.10. The molecule has 34 heavy (non-hydrogen) atoms. The molecule has 0 unspecified atom stereocenters. The Balaban J connectivity index is 1.40. The van der Waals surface area contributed by atoms with Gasteiger partial charge >= 0.3 is 0 Å². The van der Waals surface area contributed by atoms with Crippen LogP contribution >= 0.6 is 0 Å². The van der Waals surface area contributed by atoms with Crippen molar-refractivity contribution in [3.63, 3.8) is 0 Å². The van der Waals surface area contributed by atoms with Gasteiger partial charge in [0.15, 0.2) is 5.78 Å². The average molecular weight is 464 g/mol. The molecular weight excluding hydrogens is 430 g/mol. The predicted molar refractivity (Wildman–Crippen MR) is 126 cm³/mol. The zero-order valence-electron chi connectivity index (χ0n) is 20.6. The number of ether oxygens (including phenoxy) is 1. The van der Waals surface area contributed by atoms with Gasteiger partial charge in [-0.25, -0.2) is 0 Å². The summed E-state index contributed by atoms with van der Waals surface area (Å²) in [6.07, 6.45) is 2.51. The van der Waals surface area contributed by atoms with E-state index in [1.165, 1.54) is 0 Å². The van der Waals surface area contributed by atoms with E-state index in [0.717, 1.165) is 31.5 Å². The van der Waals surface area contributed by atoms with Gasteiger partial charge in [0.05, 0.1) is 28.6 Å². The monoisotopic (exact) mass is 463 g/mol. The lowest BCUT2D eigenvalue weighted by molar-refractivity contribution is -0.156. The first kappa shape index (κ1) is 20.9. The summed E-state index contributed by atoms with van der Waals surface area (Å²) in [7, 11) is 0. The van der Waals surface area contributed by atoms with Crippen LogP contribution in [0.3, 0.4) is 0 Å². The smallest absolute Gasteiger partial charge is 0.241 e. The van der Waals surface area contributed by atoms with Gasteiger partial charge in [0.25, 0.3) is 0 Å². The number of hydrogen-bond acceptors (Lipinski definition) is 5. The number of Topliss-reactive ketones (excluding diaryl/α,β-unsaturated/α-hetero) is 1. The fourth-order valence-corrected chi connectivity index (χ4v) is 9.10. The zero-order chi connectivity index (χ0) is 24.1. The summed E-state index contributed by atoms with van der Waals surface area (Å²) >= 11 is 0. The lowest BCUT2D eigenvalue weighted by Crippen LogP contribution is -2.78. The van der Waals surface area contributed by atoms with Crippen LogP contribution in [0.15, 0.2) is 12.1 Å². The van der Waals surface area contributed by atoms with Gasteiger partial charge in [-0.2, -0.15) is 0 Å². The Morgan fingerprint density at radius 1 is 1.06 bits per heavy atom. The molecule has 6 aliphatic heterocycles. The van der Waals surface area contributed by atoms with Gasteiger partial charge < -0.3 is 15.4 Å². The minimum atomic E-state index is -0.806. The zero-order valence-corrected chi connectivity index (χ0v) is 20.6. The number of nitrogens with one attached hydrogen (secondary N) is 2. The Labute approximate surface area is 200 Å². The first-order valence-corrected chi connectivity index (χ1v) is 12.6. The topological polar surface area (TPSA) is 87.7 Å². The number of benzene rings is 1. The van der Waals surface area contributed by atoms with E-state index in [4.69, 9.17) is 4.74 Å². The van der Waals surface area contributed by atoms with Crippen LogP contribution < -0.4 is 15.4 Å². The minimum Gasteiger partial charge on any atom is -0.487 e. The number of nitrogens with zero attached hydrogens (tertiary/aromatic N) is 1. The average Bonchev–Trinajstić information content (AvgIpc) is 3.26. The molecule has 8 rings (SSSR count). The molecule has 0 aromatic heterocycles. The highest BCUT2D eigenvalue weighted by Gasteiger charge is 2.78. The first-order chi connectivity index (χ1) is 15.9. The number of fused-ring (bicyclic) bond motifs is 5. The van der Waals surface area contributed by atoms with E-state index in [-0.39, 0.29) is 29.9 Å². The van der Waals surface area contributed by atoms with E-state index in [1.807, 2.05) is 26.0 Å². The van der Waals surface area contributed by atoms with Gasteiger partial charge in [-0.3, -0.25) is 19.3 Å². The third-order valence-corrected chi connectivity index (χ3v) is 10.3. The highest BCUT2D eigenvalue weighted by atomic mass is 16.5. The molecule has 0 radical (unpaired) electrons. The summed E-state index contributed by atoms with van der Waals surface area (Å²) in [6.45, 7) is 12.2. The van der Waals surface area contributed by atoms with Crippen LogP contribution in [-0.2, 0) is 15.0 Å². The Morgan fingerprint density at radius 3 is 2.59 bits per heavy atom. The van der Waals surface area contributed by atoms with Gasteiger partial charge in [-0.15, -0.1) is 0 Å². The van der Waals surface area contributed by atoms with Crippen LogP contribution in [0.5, 0.6) is 5.75 Å². The molecule has 4 saturated heterocycles. The second-order valence-corrected chi connectivity index (χ2v) is 13.2. The number of ketones is 1. The largest absolute Gasteiger partial charge is 0.487 e. The molecule has 6 heterocycles. The standard InChI is InChI=1S/C27H33N3O4/c1-14-8-26-10-18-24(4,5)27(12-25(18,29-21(26)32)13-30(26)11-14)15-6-7-17-19(20(15)28-22(27)33)16(31)9-23(2,3)34-17/h6-7,14,18H,8-13H2,1-5H3,(H,28,33)(H,29,32)/t14-,18-,25+,26-,27-/m0/s1. The maximum atomic E-state index is 14.0. The van der Waals surface area contributed by atoms with Gasteiger partial charge in [0.2, 0.25) is 11.8 Å². The highest BCUT2D eigenvalue weighted by Crippen LogP contribution is 2.70. The predicted octanol–water partition coefficient (Wildman–Crippen LogP) is 3.02. The van der Waals surface area contributed by atoms with Gasteiger partial charge in [0.1, 0.15) is 16.9 Å². The lowest BCUT2D eigenvalue weighted by Gasteiger charge is -2.60. The van der Waals surface area contributed by atoms with E-state index < -0.39 is 27.5 Å². The summed E-state index contributed by atoms with van der Waals surface area (Å²) in [6, 6.07) is 3.87. The Bertz CT molecular complexity index is 1220. The maximum Gasteiger partial charge on any atom is 0.241 e. The number of amides is 2. The Kier molecular flexibility index (Phi) is 3.50. The molecule has 1 aromatic carbocycles. The number of hydrogen-bond donors (Lipinski definition) is 2. The third kappa shape index (κ3) is 2.09. The van der Waals surface area contributed by atoms with Gasteiger partial charge in [0, 0.05) is 13.1 Å². The molecule has 2 bridgehead atoms. The van der Waals surface area contributed by atoms with Crippen LogP contribution in [0, 0.1) is 17.3 Å². The van der Waals surface area contributed by atoms with Crippen LogP contribution in [0.2, 0.25) is 0 Å². The van der Waals surface area contributed by atoms with E-state index >= 15 is 0 Å². The van der Waals surface area contributed by atoms with Crippen molar-refractivity contribution in [2.45, 2.75) is 82.4 Å². The van der Waals surface area contributed by atoms with E-state index in [1.54, 1.807) is 0 Å². The number of carbonyl (C=O) groups excluding carboxylic acids is 3. The molecular formula is C27H33N3O4. The molecule has 7 aliphatic rings. The quantitative estimate of drug-likeness (QED) is 0.618. The first-order valence-electron chi connectivity index (χ1n) is 12.6. The highest BCUT2D eigenvalue weighted by molar-refractivity contribution is 6.15. The summed E-state index contributed by atoms with van der Waals surface area (Å²) in [4.78, 5) is 43.1. The SMILES string of the molecule is C[C@@H]1CN2C[C@]34C[C@]5(C(=O)Nc6c5ccc5c6C(=O)CC(C)(C)O5)C(C)(C)[C@@H]3C[C@@]2(C1)C(=O)N4. The fraction of sp³-hybridized carbons (Fsp3) is 0.667. The maximum absolute atomic E-state index is 14.0. The molecule has 5 fully saturated rings. The molecule has 180 valence electrons. The Morgan fingerprint density at radius 2 is 1.82 bits per heavy atom.